The first kappa shape index (κ1) is 20.5. The van der Waals surface area contributed by atoms with Gasteiger partial charge in [0.1, 0.15) is 11.9 Å². The van der Waals surface area contributed by atoms with Crippen LogP contribution in [0.25, 0.3) is 0 Å². The SMILES string of the molecule is CCN(CC)CCNC(=O)c1cc(Cl)c(N)cc1O[C@H](C)[C@H](C)O. The predicted molar refractivity (Wildman–Crippen MR) is 97.8 cm³/mol. The topological polar surface area (TPSA) is 87.8 Å². The second-order valence-corrected chi connectivity index (χ2v) is 6.12. The maximum atomic E-state index is 12.5. The highest BCUT2D eigenvalue weighted by molar-refractivity contribution is 6.33. The number of hydrogen-bond acceptors (Lipinski definition) is 5. The van der Waals surface area contributed by atoms with Crippen LogP contribution < -0.4 is 15.8 Å². The normalized spacial score (nSPS) is 13.6. The number of rotatable bonds is 9. The van der Waals surface area contributed by atoms with Crippen LogP contribution in [0.3, 0.4) is 0 Å². The first-order chi connectivity index (χ1) is 11.3. The summed E-state index contributed by atoms with van der Waals surface area (Å²) >= 11 is 6.04. The zero-order chi connectivity index (χ0) is 18.3. The summed E-state index contributed by atoms with van der Waals surface area (Å²) in [7, 11) is 0. The summed E-state index contributed by atoms with van der Waals surface area (Å²) < 4.78 is 5.67. The van der Waals surface area contributed by atoms with E-state index in [-0.39, 0.29) is 5.91 Å². The van der Waals surface area contributed by atoms with Crippen LogP contribution in [0.15, 0.2) is 12.1 Å². The predicted octanol–water partition coefficient (Wildman–Crippen LogP) is 2.14. The minimum Gasteiger partial charge on any atom is -0.487 e. The number of nitrogens with two attached hydrogens (primary N) is 1. The van der Waals surface area contributed by atoms with Crippen molar-refractivity contribution in [3.63, 3.8) is 0 Å². The minimum absolute atomic E-state index is 0.281. The number of halogens is 1. The van der Waals surface area contributed by atoms with E-state index in [1.165, 1.54) is 12.1 Å². The van der Waals surface area contributed by atoms with E-state index in [1.807, 2.05) is 0 Å². The molecule has 6 nitrogen and oxygen atoms in total. The quantitative estimate of drug-likeness (QED) is 0.589. The molecule has 0 saturated heterocycles. The molecule has 0 unspecified atom stereocenters. The molecule has 2 atom stereocenters. The van der Waals surface area contributed by atoms with Gasteiger partial charge in [-0.15, -0.1) is 0 Å². The van der Waals surface area contributed by atoms with Gasteiger partial charge < -0.3 is 25.8 Å². The number of likely N-dealkylation sites (N-methyl/N-ethyl adjacent to an activating group) is 1. The lowest BCUT2D eigenvalue weighted by Gasteiger charge is -2.21. The van der Waals surface area contributed by atoms with Gasteiger partial charge >= 0.3 is 0 Å². The summed E-state index contributed by atoms with van der Waals surface area (Å²) in [6.07, 6.45) is -1.16. The summed E-state index contributed by atoms with van der Waals surface area (Å²) in [6, 6.07) is 3.01. The Morgan fingerprint density at radius 2 is 2.00 bits per heavy atom. The van der Waals surface area contributed by atoms with E-state index in [9.17, 15) is 9.90 Å². The van der Waals surface area contributed by atoms with Crippen molar-refractivity contribution in [3.8, 4) is 5.75 Å². The number of hydrogen-bond donors (Lipinski definition) is 3. The number of nitrogen functional groups attached to an aromatic ring is 1. The lowest BCUT2D eigenvalue weighted by atomic mass is 10.1. The molecule has 0 heterocycles. The molecule has 1 rings (SSSR count). The van der Waals surface area contributed by atoms with E-state index in [0.29, 0.717) is 28.6 Å². The molecule has 1 aromatic rings. The van der Waals surface area contributed by atoms with Crippen molar-refractivity contribution in [2.75, 3.05) is 31.9 Å². The Bertz CT molecular complexity index is 548. The first-order valence-corrected chi connectivity index (χ1v) is 8.62. The van der Waals surface area contributed by atoms with Crippen molar-refractivity contribution in [1.29, 1.82) is 0 Å². The molecular weight excluding hydrogens is 330 g/mol. The van der Waals surface area contributed by atoms with E-state index in [0.717, 1.165) is 19.6 Å². The number of amides is 1. The number of benzene rings is 1. The highest BCUT2D eigenvalue weighted by atomic mass is 35.5. The van der Waals surface area contributed by atoms with E-state index < -0.39 is 12.2 Å². The summed E-state index contributed by atoms with van der Waals surface area (Å²) in [5, 5.41) is 12.8. The summed E-state index contributed by atoms with van der Waals surface area (Å²) in [4.78, 5) is 14.7. The van der Waals surface area contributed by atoms with Crippen molar-refractivity contribution in [1.82, 2.24) is 10.2 Å². The highest BCUT2D eigenvalue weighted by Crippen LogP contribution is 2.30. The molecule has 0 aliphatic heterocycles. The van der Waals surface area contributed by atoms with Gasteiger partial charge in [-0.05, 0) is 33.0 Å². The standard InChI is InChI=1S/C17H28ClN3O3/c1-5-21(6-2)8-7-20-17(23)13-9-14(18)15(19)10-16(13)24-12(4)11(3)22/h9-12,22H,5-8,19H2,1-4H3,(H,20,23)/t11-,12+/m0/s1. The van der Waals surface area contributed by atoms with Crippen LogP contribution >= 0.6 is 11.6 Å². The monoisotopic (exact) mass is 357 g/mol. The van der Waals surface area contributed by atoms with Crippen molar-refractivity contribution in [3.05, 3.63) is 22.7 Å². The molecule has 0 aliphatic rings. The highest BCUT2D eigenvalue weighted by Gasteiger charge is 2.19. The fourth-order valence-corrected chi connectivity index (χ4v) is 2.27. The van der Waals surface area contributed by atoms with Crippen LogP contribution in [0.5, 0.6) is 5.75 Å². The number of nitrogens with one attached hydrogen (secondary N) is 1. The number of anilines is 1. The third kappa shape index (κ3) is 5.85. The Morgan fingerprint density at radius 1 is 1.38 bits per heavy atom. The molecule has 0 spiro atoms. The molecule has 0 saturated carbocycles. The number of ether oxygens (including phenoxy) is 1. The van der Waals surface area contributed by atoms with Gasteiger partial charge in [0.15, 0.2) is 0 Å². The fraction of sp³-hybridized carbons (Fsp3) is 0.588. The molecule has 0 aliphatic carbocycles. The lowest BCUT2D eigenvalue weighted by Crippen LogP contribution is -2.35. The second kappa shape index (κ2) is 9.71. The van der Waals surface area contributed by atoms with E-state index >= 15 is 0 Å². The lowest BCUT2D eigenvalue weighted by molar-refractivity contribution is 0.0592. The molecule has 0 bridgehead atoms. The fourth-order valence-electron chi connectivity index (χ4n) is 2.11. The Morgan fingerprint density at radius 3 is 2.54 bits per heavy atom. The van der Waals surface area contributed by atoms with Gasteiger partial charge in [-0.25, -0.2) is 0 Å². The number of nitrogens with zero attached hydrogens (tertiary/aromatic N) is 1. The van der Waals surface area contributed by atoms with E-state index in [2.05, 4.69) is 24.1 Å². The van der Waals surface area contributed by atoms with Crippen LogP contribution in [-0.4, -0.2) is 54.3 Å². The molecule has 1 amide bonds. The number of aliphatic hydroxyl groups is 1. The average molecular weight is 358 g/mol. The third-order valence-electron chi connectivity index (χ3n) is 3.94. The molecular formula is C17H28ClN3O3. The van der Waals surface area contributed by atoms with Gasteiger partial charge in [0, 0.05) is 19.2 Å². The zero-order valence-electron chi connectivity index (χ0n) is 14.8. The van der Waals surface area contributed by atoms with Crippen LogP contribution in [-0.2, 0) is 0 Å². The average Bonchev–Trinajstić information content (AvgIpc) is 2.54. The van der Waals surface area contributed by atoms with Gasteiger partial charge in [0.2, 0.25) is 0 Å². The largest absolute Gasteiger partial charge is 0.487 e. The number of carbonyl (C=O) groups excluding carboxylic acids is 1. The zero-order valence-corrected chi connectivity index (χ0v) is 15.6. The Hall–Kier alpha value is -1.50. The molecule has 7 heteroatoms. The summed E-state index contributed by atoms with van der Waals surface area (Å²) in [5.74, 6) is 0.0301. The van der Waals surface area contributed by atoms with Gasteiger partial charge in [0.05, 0.1) is 22.4 Å². The van der Waals surface area contributed by atoms with Gasteiger partial charge in [0.25, 0.3) is 5.91 Å². The second-order valence-electron chi connectivity index (χ2n) is 5.72. The maximum Gasteiger partial charge on any atom is 0.255 e. The van der Waals surface area contributed by atoms with Crippen molar-refractivity contribution in [2.45, 2.75) is 39.9 Å². The van der Waals surface area contributed by atoms with Crippen molar-refractivity contribution < 1.29 is 14.6 Å². The molecule has 1 aromatic carbocycles. The van der Waals surface area contributed by atoms with Crippen LogP contribution in [0.4, 0.5) is 5.69 Å². The van der Waals surface area contributed by atoms with Crippen molar-refractivity contribution >= 4 is 23.2 Å². The third-order valence-corrected chi connectivity index (χ3v) is 4.27. The Labute approximate surface area is 148 Å². The van der Waals surface area contributed by atoms with Crippen LogP contribution in [0, 0.1) is 0 Å². The van der Waals surface area contributed by atoms with Gasteiger partial charge in [-0.2, -0.15) is 0 Å². The smallest absolute Gasteiger partial charge is 0.255 e. The molecule has 0 aromatic heterocycles. The van der Waals surface area contributed by atoms with Gasteiger partial charge in [-0.3, -0.25) is 4.79 Å². The first-order valence-electron chi connectivity index (χ1n) is 8.24. The minimum atomic E-state index is -0.680. The molecule has 0 fully saturated rings. The molecule has 136 valence electrons. The van der Waals surface area contributed by atoms with E-state index in [4.69, 9.17) is 22.1 Å². The maximum absolute atomic E-state index is 12.5. The van der Waals surface area contributed by atoms with Gasteiger partial charge in [-0.1, -0.05) is 25.4 Å². The Kier molecular flexibility index (Phi) is 8.31. The van der Waals surface area contributed by atoms with Crippen LogP contribution in [0.2, 0.25) is 5.02 Å². The van der Waals surface area contributed by atoms with Crippen molar-refractivity contribution in [2.24, 2.45) is 0 Å². The summed E-state index contributed by atoms with van der Waals surface area (Å²) in [6.45, 7) is 10.6. The molecule has 24 heavy (non-hydrogen) atoms. The van der Waals surface area contributed by atoms with Crippen LogP contribution in [0.1, 0.15) is 38.1 Å². The molecule has 0 radical (unpaired) electrons. The Balaban J connectivity index is 2.87. The molecule has 4 N–H and O–H groups in total. The summed E-state index contributed by atoms with van der Waals surface area (Å²) in [5.41, 5.74) is 6.43. The number of aliphatic hydroxyl groups excluding tert-OH is 1. The number of carbonyl (C=O) groups is 1. The van der Waals surface area contributed by atoms with E-state index in [1.54, 1.807) is 13.8 Å².